The summed E-state index contributed by atoms with van der Waals surface area (Å²) in [4.78, 5) is 24.3. The van der Waals surface area contributed by atoms with Crippen LogP contribution in [-0.2, 0) is 20.7 Å². The smallest absolute Gasteiger partial charge is 0.408 e. The summed E-state index contributed by atoms with van der Waals surface area (Å²) in [5, 5.41) is 11.4. The molecule has 0 bridgehead atoms. The topological polar surface area (TPSA) is 88.4 Å². The highest BCUT2D eigenvalue weighted by Gasteiger charge is 2.26. The predicted octanol–water partition coefficient (Wildman–Crippen LogP) is 3.48. The molecular weight excluding hydrogens is 339 g/mol. The fourth-order valence-corrected chi connectivity index (χ4v) is 2.13. The van der Waals surface area contributed by atoms with E-state index in [0.29, 0.717) is 12.0 Å². The van der Waals surface area contributed by atoms with Gasteiger partial charge in [0, 0.05) is 6.42 Å². The van der Waals surface area contributed by atoms with Crippen molar-refractivity contribution in [2.45, 2.75) is 58.6 Å². The normalized spacial score (nSPS) is 12.0. The second-order valence-corrected chi connectivity index (χ2v) is 6.88. The van der Waals surface area contributed by atoms with Gasteiger partial charge in [-0.2, -0.15) is 5.26 Å². The van der Waals surface area contributed by atoms with Crippen LogP contribution in [-0.4, -0.2) is 30.3 Å². The van der Waals surface area contributed by atoms with E-state index in [0.717, 1.165) is 12.5 Å². The Morgan fingerprint density at radius 3 is 2.58 bits per heavy atom. The standard InChI is InChI=1S/C19H25FN2O4/c1-5-6-7-25-17(23)16(22-18(24)26-19(2,3)4)11-13-8-14(12-21)10-15(20)9-13/h8-10,16H,5-7,11H2,1-4H3,(H,22,24)/t16-/m0/s1. The van der Waals surface area contributed by atoms with E-state index in [9.17, 15) is 14.0 Å². The SMILES string of the molecule is CCCCOC(=O)[C@H](Cc1cc(F)cc(C#N)c1)NC(=O)OC(C)(C)C. The second-order valence-electron chi connectivity index (χ2n) is 6.88. The van der Waals surface area contributed by atoms with Crippen LogP contribution in [0.5, 0.6) is 0 Å². The third kappa shape index (κ3) is 7.97. The summed E-state index contributed by atoms with van der Waals surface area (Å²) in [6.07, 6.45) is 0.763. The molecule has 0 aliphatic rings. The minimum absolute atomic E-state index is 0.0172. The molecule has 1 rings (SSSR count). The first-order chi connectivity index (χ1) is 12.1. The van der Waals surface area contributed by atoms with Gasteiger partial charge in [-0.3, -0.25) is 0 Å². The van der Waals surface area contributed by atoms with Crippen LogP contribution in [0.15, 0.2) is 18.2 Å². The minimum atomic E-state index is -1.05. The lowest BCUT2D eigenvalue weighted by atomic mass is 10.0. The Labute approximate surface area is 153 Å². The molecule has 1 aromatic rings. The zero-order chi connectivity index (χ0) is 19.7. The van der Waals surface area contributed by atoms with E-state index in [2.05, 4.69) is 5.32 Å². The number of ether oxygens (including phenoxy) is 2. The number of unbranched alkanes of at least 4 members (excludes halogenated alkanes) is 1. The zero-order valence-corrected chi connectivity index (χ0v) is 15.6. The third-order valence-electron chi connectivity index (χ3n) is 3.24. The van der Waals surface area contributed by atoms with Crippen molar-refractivity contribution in [2.24, 2.45) is 0 Å². The average Bonchev–Trinajstić information content (AvgIpc) is 2.52. The molecule has 0 aliphatic heterocycles. The summed E-state index contributed by atoms with van der Waals surface area (Å²) >= 11 is 0. The van der Waals surface area contributed by atoms with E-state index < -0.39 is 29.5 Å². The summed E-state index contributed by atoms with van der Waals surface area (Å²) in [6.45, 7) is 7.29. The number of hydrogen-bond donors (Lipinski definition) is 1. The van der Waals surface area contributed by atoms with Crippen molar-refractivity contribution in [1.82, 2.24) is 5.32 Å². The molecule has 0 saturated heterocycles. The summed E-state index contributed by atoms with van der Waals surface area (Å²) < 4.78 is 24.0. The number of halogens is 1. The highest BCUT2D eigenvalue weighted by molar-refractivity contribution is 5.81. The fraction of sp³-hybridized carbons (Fsp3) is 0.526. The average molecular weight is 364 g/mol. The quantitative estimate of drug-likeness (QED) is 0.591. The van der Waals surface area contributed by atoms with E-state index in [4.69, 9.17) is 14.7 Å². The lowest BCUT2D eigenvalue weighted by molar-refractivity contribution is -0.146. The number of carbonyl (C=O) groups excluding carboxylic acids is 2. The number of nitrogens with one attached hydrogen (secondary N) is 1. The predicted molar refractivity (Wildman–Crippen MR) is 93.8 cm³/mol. The van der Waals surface area contributed by atoms with Gasteiger partial charge in [-0.05, 0) is 51.0 Å². The van der Waals surface area contributed by atoms with Gasteiger partial charge in [-0.25, -0.2) is 14.0 Å². The first kappa shape index (κ1) is 21.4. The number of amides is 1. The number of hydrogen-bond acceptors (Lipinski definition) is 5. The molecule has 0 unspecified atom stereocenters. The Morgan fingerprint density at radius 2 is 2.00 bits per heavy atom. The summed E-state index contributed by atoms with van der Waals surface area (Å²) in [5.41, 5.74) is -0.196. The molecular formula is C19H25FN2O4. The van der Waals surface area contributed by atoms with Crippen LogP contribution in [0.25, 0.3) is 0 Å². The number of nitrogens with zero attached hydrogens (tertiary/aromatic N) is 1. The summed E-state index contributed by atoms with van der Waals surface area (Å²) in [7, 11) is 0. The number of benzene rings is 1. The Bertz CT molecular complexity index is 677. The van der Waals surface area contributed by atoms with Crippen molar-refractivity contribution in [3.05, 3.63) is 35.1 Å². The van der Waals surface area contributed by atoms with E-state index >= 15 is 0 Å². The molecule has 1 amide bonds. The van der Waals surface area contributed by atoms with E-state index in [1.165, 1.54) is 12.1 Å². The first-order valence-electron chi connectivity index (χ1n) is 8.50. The molecule has 26 heavy (non-hydrogen) atoms. The molecule has 6 nitrogen and oxygen atoms in total. The van der Waals surface area contributed by atoms with Crippen molar-refractivity contribution >= 4 is 12.1 Å². The molecule has 1 aromatic carbocycles. The molecule has 0 radical (unpaired) electrons. The molecule has 1 atom stereocenters. The van der Waals surface area contributed by atoms with Gasteiger partial charge in [0.1, 0.15) is 17.5 Å². The Morgan fingerprint density at radius 1 is 1.31 bits per heavy atom. The molecule has 1 N–H and O–H groups in total. The van der Waals surface area contributed by atoms with Crippen molar-refractivity contribution in [1.29, 1.82) is 5.26 Å². The molecule has 142 valence electrons. The molecule has 0 fully saturated rings. The van der Waals surface area contributed by atoms with E-state index in [1.807, 2.05) is 13.0 Å². The Kier molecular flexibility index (Phi) is 8.04. The lowest BCUT2D eigenvalue weighted by Crippen LogP contribution is -2.45. The van der Waals surface area contributed by atoms with Crippen molar-refractivity contribution < 1.29 is 23.5 Å². The maximum absolute atomic E-state index is 13.6. The fourth-order valence-electron chi connectivity index (χ4n) is 2.13. The molecule has 7 heteroatoms. The first-order valence-corrected chi connectivity index (χ1v) is 8.50. The maximum Gasteiger partial charge on any atom is 0.408 e. The largest absolute Gasteiger partial charge is 0.464 e. The second kappa shape index (κ2) is 9.76. The zero-order valence-electron chi connectivity index (χ0n) is 15.6. The summed E-state index contributed by atoms with van der Waals surface area (Å²) in [5.74, 6) is -1.22. The van der Waals surface area contributed by atoms with Crippen LogP contribution in [0.3, 0.4) is 0 Å². The monoisotopic (exact) mass is 364 g/mol. The van der Waals surface area contributed by atoms with Gasteiger partial charge in [0.2, 0.25) is 0 Å². The number of rotatable bonds is 7. The Balaban J connectivity index is 2.93. The van der Waals surface area contributed by atoms with Crippen LogP contribution in [0.1, 0.15) is 51.7 Å². The summed E-state index contributed by atoms with van der Waals surface area (Å²) in [6, 6.07) is 4.58. The van der Waals surface area contributed by atoms with Gasteiger partial charge >= 0.3 is 12.1 Å². The van der Waals surface area contributed by atoms with Crippen LogP contribution >= 0.6 is 0 Å². The van der Waals surface area contributed by atoms with Crippen LogP contribution < -0.4 is 5.32 Å². The van der Waals surface area contributed by atoms with Crippen molar-refractivity contribution in [3.63, 3.8) is 0 Å². The van der Waals surface area contributed by atoms with E-state index in [-0.39, 0.29) is 18.6 Å². The van der Waals surface area contributed by atoms with Gasteiger partial charge in [-0.1, -0.05) is 13.3 Å². The molecule has 0 aliphatic carbocycles. The van der Waals surface area contributed by atoms with Crippen LogP contribution in [0.2, 0.25) is 0 Å². The van der Waals surface area contributed by atoms with E-state index in [1.54, 1.807) is 20.8 Å². The lowest BCUT2D eigenvalue weighted by Gasteiger charge is -2.23. The number of carbonyl (C=O) groups is 2. The highest BCUT2D eigenvalue weighted by Crippen LogP contribution is 2.13. The number of esters is 1. The molecule has 0 spiro atoms. The van der Waals surface area contributed by atoms with Crippen molar-refractivity contribution in [3.8, 4) is 6.07 Å². The van der Waals surface area contributed by atoms with Crippen LogP contribution in [0.4, 0.5) is 9.18 Å². The van der Waals surface area contributed by atoms with Gasteiger partial charge < -0.3 is 14.8 Å². The number of alkyl carbamates (subject to hydrolysis) is 1. The third-order valence-corrected chi connectivity index (χ3v) is 3.24. The Hall–Kier alpha value is -2.62. The molecule has 0 aromatic heterocycles. The van der Waals surface area contributed by atoms with Crippen LogP contribution in [0, 0.1) is 17.1 Å². The molecule has 0 heterocycles. The highest BCUT2D eigenvalue weighted by atomic mass is 19.1. The van der Waals surface area contributed by atoms with Crippen molar-refractivity contribution in [2.75, 3.05) is 6.61 Å². The van der Waals surface area contributed by atoms with Gasteiger partial charge in [0.25, 0.3) is 0 Å². The molecule has 0 saturated carbocycles. The maximum atomic E-state index is 13.6. The van der Waals surface area contributed by atoms with Gasteiger partial charge in [0.15, 0.2) is 0 Å². The minimum Gasteiger partial charge on any atom is -0.464 e. The number of nitriles is 1. The van der Waals surface area contributed by atoms with Gasteiger partial charge in [-0.15, -0.1) is 0 Å². The van der Waals surface area contributed by atoms with Gasteiger partial charge in [0.05, 0.1) is 18.2 Å².